The Balaban J connectivity index is 2.06. The van der Waals surface area contributed by atoms with Gasteiger partial charge >= 0.3 is 5.97 Å². The number of pyridine rings is 1. The van der Waals surface area contributed by atoms with E-state index >= 15 is 0 Å². The fourth-order valence-electron chi connectivity index (χ4n) is 2.98. The number of aliphatic carboxylic acids is 1. The van der Waals surface area contributed by atoms with Crippen molar-refractivity contribution in [2.45, 2.75) is 36.1 Å². The fourth-order valence-corrected chi connectivity index (χ4v) is 5.33. The van der Waals surface area contributed by atoms with Crippen molar-refractivity contribution in [2.24, 2.45) is 0 Å². The van der Waals surface area contributed by atoms with Gasteiger partial charge in [-0.15, -0.1) is 11.3 Å². The molecule has 1 aliphatic carbocycles. The van der Waals surface area contributed by atoms with Gasteiger partial charge in [0, 0.05) is 13.2 Å². The van der Waals surface area contributed by atoms with Crippen LogP contribution >= 0.6 is 11.3 Å². The number of aromatic nitrogens is 1. The third kappa shape index (κ3) is 2.22. The molecule has 1 saturated carbocycles. The van der Waals surface area contributed by atoms with Crippen molar-refractivity contribution in [3.8, 4) is 0 Å². The smallest absolute Gasteiger partial charge is 0.325 e. The number of hydrogen-bond donors (Lipinski definition) is 1. The minimum atomic E-state index is -3.90. The molecule has 0 aliphatic heterocycles. The van der Waals surface area contributed by atoms with Gasteiger partial charge in [-0.25, -0.2) is 8.42 Å². The highest BCUT2D eigenvalue weighted by Crippen LogP contribution is 2.38. The average molecular weight is 340 g/mol. The molecule has 2 aromatic heterocycles. The largest absolute Gasteiger partial charge is 0.480 e. The second-order valence-electron chi connectivity index (χ2n) is 5.49. The van der Waals surface area contributed by atoms with Crippen molar-refractivity contribution in [3.05, 3.63) is 23.7 Å². The monoisotopic (exact) mass is 340 g/mol. The molecule has 0 aromatic carbocycles. The van der Waals surface area contributed by atoms with E-state index in [-0.39, 0.29) is 4.90 Å². The van der Waals surface area contributed by atoms with Crippen LogP contribution in [0.25, 0.3) is 10.2 Å². The summed E-state index contributed by atoms with van der Waals surface area (Å²) in [7, 11) is -2.54. The number of nitrogens with zero attached hydrogens (tertiary/aromatic N) is 2. The lowest BCUT2D eigenvalue weighted by Crippen LogP contribution is -2.53. The zero-order valence-corrected chi connectivity index (χ0v) is 13.7. The van der Waals surface area contributed by atoms with E-state index in [0.717, 1.165) is 14.5 Å². The standard InChI is InChI=1S/C14H16N2O4S2/c1-16(14(13(17)18)5-2-3-6-14)22(19,20)10-8-12-11(15-9-10)4-7-21-12/h4,7-9H,2-3,5-6H2,1H3,(H,17,18). The van der Waals surface area contributed by atoms with Crippen LogP contribution in [-0.2, 0) is 14.8 Å². The van der Waals surface area contributed by atoms with Gasteiger partial charge in [0.25, 0.3) is 0 Å². The first-order valence-electron chi connectivity index (χ1n) is 6.94. The van der Waals surface area contributed by atoms with E-state index in [4.69, 9.17) is 0 Å². The van der Waals surface area contributed by atoms with Gasteiger partial charge in [-0.05, 0) is 30.4 Å². The molecule has 1 aliphatic rings. The van der Waals surface area contributed by atoms with Gasteiger partial charge in [0.05, 0.1) is 10.2 Å². The molecule has 2 heterocycles. The lowest BCUT2D eigenvalue weighted by molar-refractivity contribution is -0.147. The molecule has 0 radical (unpaired) electrons. The van der Waals surface area contributed by atoms with E-state index in [1.165, 1.54) is 24.6 Å². The minimum Gasteiger partial charge on any atom is -0.480 e. The van der Waals surface area contributed by atoms with Crippen molar-refractivity contribution < 1.29 is 18.3 Å². The van der Waals surface area contributed by atoms with Crippen molar-refractivity contribution in [1.82, 2.24) is 9.29 Å². The summed E-state index contributed by atoms with van der Waals surface area (Å²) in [5, 5.41) is 11.4. The lowest BCUT2D eigenvalue weighted by Gasteiger charge is -2.33. The van der Waals surface area contributed by atoms with Gasteiger partial charge in [0.15, 0.2) is 0 Å². The summed E-state index contributed by atoms with van der Waals surface area (Å²) in [6, 6.07) is 3.37. The van der Waals surface area contributed by atoms with Gasteiger partial charge in [0.2, 0.25) is 10.0 Å². The van der Waals surface area contributed by atoms with E-state index < -0.39 is 21.5 Å². The highest BCUT2D eigenvalue weighted by molar-refractivity contribution is 7.89. The first kappa shape index (κ1) is 15.4. The van der Waals surface area contributed by atoms with Crippen LogP contribution in [0, 0.1) is 0 Å². The molecule has 2 aromatic rings. The van der Waals surface area contributed by atoms with Crippen LogP contribution in [0.3, 0.4) is 0 Å². The number of fused-ring (bicyclic) bond motifs is 1. The lowest BCUT2D eigenvalue weighted by atomic mass is 9.98. The van der Waals surface area contributed by atoms with E-state index in [0.29, 0.717) is 25.7 Å². The van der Waals surface area contributed by atoms with Crippen molar-refractivity contribution in [2.75, 3.05) is 7.05 Å². The van der Waals surface area contributed by atoms with Crippen molar-refractivity contribution in [1.29, 1.82) is 0 Å². The third-order valence-electron chi connectivity index (χ3n) is 4.37. The zero-order valence-electron chi connectivity index (χ0n) is 12.0. The Morgan fingerprint density at radius 2 is 2.09 bits per heavy atom. The SMILES string of the molecule is CN(C1(C(=O)O)CCCC1)S(=O)(=O)c1cnc2ccsc2c1. The Morgan fingerprint density at radius 3 is 2.73 bits per heavy atom. The fraction of sp³-hybridized carbons (Fsp3) is 0.429. The van der Waals surface area contributed by atoms with Gasteiger partial charge in [-0.2, -0.15) is 4.31 Å². The molecule has 0 spiro atoms. The van der Waals surface area contributed by atoms with E-state index in [9.17, 15) is 18.3 Å². The van der Waals surface area contributed by atoms with Gasteiger partial charge in [-0.1, -0.05) is 12.8 Å². The summed E-state index contributed by atoms with van der Waals surface area (Å²) in [5.41, 5.74) is -0.608. The van der Waals surface area contributed by atoms with Crippen LogP contribution in [0.1, 0.15) is 25.7 Å². The summed E-state index contributed by atoms with van der Waals surface area (Å²) >= 11 is 1.41. The minimum absolute atomic E-state index is 0.0393. The Bertz CT molecular complexity index is 822. The summed E-state index contributed by atoms with van der Waals surface area (Å²) < 4.78 is 27.4. The summed E-state index contributed by atoms with van der Waals surface area (Å²) in [6.07, 6.45) is 3.41. The molecule has 6 nitrogen and oxygen atoms in total. The Hall–Kier alpha value is -1.51. The topological polar surface area (TPSA) is 87.6 Å². The Kier molecular flexibility index (Phi) is 3.70. The predicted molar refractivity (Wildman–Crippen MR) is 83.4 cm³/mol. The number of hydrogen-bond acceptors (Lipinski definition) is 5. The molecule has 1 fully saturated rings. The zero-order chi connectivity index (χ0) is 16.0. The molecule has 0 amide bonds. The summed E-state index contributed by atoms with van der Waals surface area (Å²) in [5.74, 6) is -1.08. The maximum Gasteiger partial charge on any atom is 0.325 e. The van der Waals surface area contributed by atoms with Crippen LogP contribution in [0.4, 0.5) is 0 Å². The Morgan fingerprint density at radius 1 is 1.41 bits per heavy atom. The Labute approximate surface area is 132 Å². The maximum atomic E-state index is 12.8. The molecule has 0 unspecified atom stereocenters. The molecule has 8 heteroatoms. The van der Waals surface area contributed by atoms with E-state index in [1.54, 1.807) is 6.07 Å². The summed E-state index contributed by atoms with van der Waals surface area (Å²) in [6.45, 7) is 0. The highest BCUT2D eigenvalue weighted by Gasteiger charge is 2.49. The van der Waals surface area contributed by atoms with Crippen LogP contribution in [0.2, 0.25) is 0 Å². The quantitative estimate of drug-likeness (QED) is 0.923. The number of rotatable bonds is 4. The number of carboxylic acids is 1. The molecule has 0 bridgehead atoms. The molecule has 22 heavy (non-hydrogen) atoms. The van der Waals surface area contributed by atoms with Crippen molar-refractivity contribution in [3.63, 3.8) is 0 Å². The second kappa shape index (κ2) is 5.29. The van der Waals surface area contributed by atoms with Crippen molar-refractivity contribution >= 4 is 37.5 Å². The first-order chi connectivity index (χ1) is 10.4. The first-order valence-corrected chi connectivity index (χ1v) is 9.26. The number of thiophene rings is 1. The van der Waals surface area contributed by atoms with Crippen LogP contribution in [0.5, 0.6) is 0 Å². The molecule has 1 N–H and O–H groups in total. The molecule has 0 atom stereocenters. The number of carboxylic acid groups (broad SMARTS) is 1. The predicted octanol–water partition coefficient (Wildman–Crippen LogP) is 2.31. The molecular weight excluding hydrogens is 324 g/mol. The van der Waals surface area contributed by atoms with Gasteiger partial charge in [0.1, 0.15) is 10.4 Å². The normalized spacial score (nSPS) is 18.1. The third-order valence-corrected chi connectivity index (χ3v) is 7.11. The molecular formula is C14H16N2O4S2. The summed E-state index contributed by atoms with van der Waals surface area (Å²) in [4.78, 5) is 15.9. The van der Waals surface area contributed by atoms with Gasteiger partial charge < -0.3 is 5.11 Å². The maximum absolute atomic E-state index is 12.8. The van der Waals surface area contributed by atoms with Crippen LogP contribution < -0.4 is 0 Å². The number of sulfonamides is 1. The average Bonchev–Trinajstić information content (AvgIpc) is 3.15. The molecule has 3 rings (SSSR count). The van der Waals surface area contributed by atoms with E-state index in [2.05, 4.69) is 4.98 Å². The number of likely N-dealkylation sites (N-methyl/N-ethyl adjacent to an activating group) is 1. The van der Waals surface area contributed by atoms with Crippen LogP contribution in [-0.4, -0.2) is 41.4 Å². The second-order valence-corrected chi connectivity index (χ2v) is 8.41. The molecule has 0 saturated heterocycles. The van der Waals surface area contributed by atoms with E-state index in [1.807, 2.05) is 11.4 Å². The van der Waals surface area contributed by atoms with Crippen LogP contribution in [0.15, 0.2) is 28.6 Å². The number of carbonyl (C=O) groups is 1. The molecule has 118 valence electrons. The van der Waals surface area contributed by atoms with Gasteiger partial charge in [-0.3, -0.25) is 9.78 Å². The highest BCUT2D eigenvalue weighted by atomic mass is 32.2.